The summed E-state index contributed by atoms with van der Waals surface area (Å²) in [5.41, 5.74) is -0.560. The summed E-state index contributed by atoms with van der Waals surface area (Å²) >= 11 is 0. The first-order chi connectivity index (χ1) is 6.69. The number of carbonyl (C=O) groups is 2. The van der Waals surface area contributed by atoms with Gasteiger partial charge in [-0.2, -0.15) is 0 Å². The molecule has 1 saturated carbocycles. The van der Waals surface area contributed by atoms with Gasteiger partial charge < -0.3 is 4.74 Å². The van der Waals surface area contributed by atoms with Crippen molar-refractivity contribution < 1.29 is 14.3 Å². The molecule has 0 aromatic heterocycles. The van der Waals surface area contributed by atoms with Gasteiger partial charge in [0.15, 0.2) is 5.78 Å². The molecule has 78 valence electrons. The van der Waals surface area contributed by atoms with Gasteiger partial charge in [0.25, 0.3) is 0 Å². The van der Waals surface area contributed by atoms with E-state index in [9.17, 15) is 9.59 Å². The van der Waals surface area contributed by atoms with Gasteiger partial charge in [-0.25, -0.2) is 0 Å². The molecule has 2 aliphatic rings. The van der Waals surface area contributed by atoms with Crippen molar-refractivity contribution in [3.8, 4) is 0 Å². The Kier molecular flexibility index (Phi) is 2.43. The third-order valence-electron chi connectivity index (χ3n) is 3.44. The van der Waals surface area contributed by atoms with Crippen molar-refractivity contribution in [1.82, 2.24) is 0 Å². The molecule has 0 N–H and O–H groups in total. The summed E-state index contributed by atoms with van der Waals surface area (Å²) in [4.78, 5) is 23.4. The second-order valence-electron chi connectivity index (χ2n) is 4.25. The molecule has 14 heavy (non-hydrogen) atoms. The van der Waals surface area contributed by atoms with E-state index in [-0.39, 0.29) is 11.6 Å². The molecule has 3 nitrogen and oxygen atoms in total. The molecule has 2 rings (SSSR count). The van der Waals surface area contributed by atoms with Gasteiger partial charge in [-0.05, 0) is 25.7 Å². The van der Waals surface area contributed by atoms with Gasteiger partial charge in [0.1, 0.15) is 17.3 Å². The minimum atomic E-state index is -0.560. The first-order valence-corrected chi connectivity index (χ1v) is 5.40. The van der Waals surface area contributed by atoms with Crippen molar-refractivity contribution in [3.63, 3.8) is 0 Å². The summed E-state index contributed by atoms with van der Waals surface area (Å²) < 4.78 is 5.58. The van der Waals surface area contributed by atoms with Crippen LogP contribution in [0.3, 0.4) is 0 Å². The quantitative estimate of drug-likeness (QED) is 0.628. The normalized spacial score (nSPS) is 30.1. The second-order valence-corrected chi connectivity index (χ2v) is 4.25. The highest BCUT2D eigenvalue weighted by molar-refractivity contribution is 6.07. The van der Waals surface area contributed by atoms with Gasteiger partial charge in [0, 0.05) is 6.42 Å². The van der Waals surface area contributed by atoms with Crippen LogP contribution < -0.4 is 0 Å². The fourth-order valence-electron chi connectivity index (χ4n) is 2.53. The van der Waals surface area contributed by atoms with Crippen molar-refractivity contribution in [2.45, 2.75) is 44.6 Å². The van der Waals surface area contributed by atoms with E-state index < -0.39 is 11.5 Å². The molecule has 1 saturated heterocycles. The van der Waals surface area contributed by atoms with Gasteiger partial charge in [-0.1, -0.05) is 6.92 Å². The summed E-state index contributed by atoms with van der Waals surface area (Å²) in [6.45, 7) is 2.13. The van der Waals surface area contributed by atoms with Gasteiger partial charge in [-0.15, -0.1) is 0 Å². The van der Waals surface area contributed by atoms with Crippen LogP contribution in [0.15, 0.2) is 0 Å². The minimum Gasteiger partial charge on any atom is -0.366 e. The number of ether oxygens (including phenoxy) is 1. The van der Waals surface area contributed by atoms with Crippen molar-refractivity contribution in [2.24, 2.45) is 5.92 Å². The molecule has 0 aromatic carbocycles. The predicted octanol–water partition coefficient (Wildman–Crippen LogP) is 1.49. The summed E-state index contributed by atoms with van der Waals surface area (Å²) in [6, 6.07) is 0. The number of carbonyl (C=O) groups excluding carboxylic acids is 2. The largest absolute Gasteiger partial charge is 0.366 e. The lowest BCUT2D eigenvalue weighted by Gasteiger charge is -2.19. The summed E-state index contributed by atoms with van der Waals surface area (Å²) in [6.07, 6.45) is 4.19. The lowest BCUT2D eigenvalue weighted by Crippen LogP contribution is -2.36. The Labute approximate surface area is 83.8 Å². The molecular weight excluding hydrogens is 180 g/mol. The standard InChI is InChI=1S/C11H16O3/c1-2-9(12)8-7-14-11(10(8)13)5-3-4-6-11/h8H,2-7H2,1H3. The van der Waals surface area contributed by atoms with Gasteiger partial charge in [-0.3, -0.25) is 9.59 Å². The first-order valence-electron chi connectivity index (χ1n) is 5.40. The maximum Gasteiger partial charge on any atom is 0.177 e. The Bertz CT molecular complexity index is 264. The summed E-state index contributed by atoms with van der Waals surface area (Å²) in [5, 5.41) is 0. The van der Waals surface area contributed by atoms with Crippen LogP contribution in [-0.2, 0) is 14.3 Å². The highest BCUT2D eigenvalue weighted by Crippen LogP contribution is 2.40. The summed E-state index contributed by atoms with van der Waals surface area (Å²) in [7, 11) is 0. The van der Waals surface area contributed by atoms with Crippen molar-refractivity contribution in [3.05, 3.63) is 0 Å². The molecule has 1 unspecified atom stereocenters. The van der Waals surface area contributed by atoms with Crippen LogP contribution in [-0.4, -0.2) is 23.8 Å². The van der Waals surface area contributed by atoms with Crippen molar-refractivity contribution in [2.75, 3.05) is 6.61 Å². The highest BCUT2D eigenvalue weighted by atomic mass is 16.5. The maximum absolute atomic E-state index is 12.0. The van der Waals surface area contributed by atoms with E-state index in [0.29, 0.717) is 13.0 Å². The van der Waals surface area contributed by atoms with E-state index in [1.807, 2.05) is 0 Å². The Morgan fingerprint density at radius 3 is 2.71 bits per heavy atom. The molecule has 1 aliphatic heterocycles. The number of Topliss-reactive ketones (excluding diaryl/α,β-unsaturated/α-hetero) is 2. The fourth-order valence-corrected chi connectivity index (χ4v) is 2.53. The summed E-state index contributed by atoms with van der Waals surface area (Å²) in [5.74, 6) is -0.362. The molecule has 1 atom stereocenters. The molecule has 1 heterocycles. The number of ketones is 2. The van der Waals surface area contributed by atoms with Crippen molar-refractivity contribution >= 4 is 11.6 Å². The SMILES string of the molecule is CCC(=O)C1COC2(CCCC2)C1=O. The van der Waals surface area contributed by atoms with Crippen LogP contribution in [0.5, 0.6) is 0 Å². The minimum absolute atomic E-state index is 0.0405. The highest BCUT2D eigenvalue weighted by Gasteiger charge is 2.52. The molecule has 0 radical (unpaired) electrons. The number of rotatable bonds is 2. The van der Waals surface area contributed by atoms with Crippen molar-refractivity contribution in [1.29, 1.82) is 0 Å². The Balaban J connectivity index is 2.14. The van der Waals surface area contributed by atoms with Gasteiger partial charge in [0.05, 0.1) is 6.61 Å². The average molecular weight is 196 g/mol. The van der Waals surface area contributed by atoms with E-state index in [1.54, 1.807) is 6.92 Å². The van der Waals surface area contributed by atoms with Crippen LogP contribution in [0.4, 0.5) is 0 Å². The smallest absolute Gasteiger partial charge is 0.177 e. The zero-order valence-electron chi connectivity index (χ0n) is 8.54. The van der Waals surface area contributed by atoms with Crippen LogP contribution in [0, 0.1) is 5.92 Å². The lowest BCUT2D eigenvalue weighted by atomic mass is 9.88. The molecular formula is C11H16O3. The molecule has 1 spiro atoms. The average Bonchev–Trinajstić information content (AvgIpc) is 2.78. The molecule has 3 heteroatoms. The molecule has 0 aromatic rings. The van der Waals surface area contributed by atoms with E-state index in [2.05, 4.69) is 0 Å². The van der Waals surface area contributed by atoms with Gasteiger partial charge >= 0.3 is 0 Å². The Morgan fingerprint density at radius 1 is 1.50 bits per heavy atom. The second kappa shape index (κ2) is 3.46. The Hall–Kier alpha value is -0.700. The van der Waals surface area contributed by atoms with Crippen LogP contribution in [0.2, 0.25) is 0 Å². The van der Waals surface area contributed by atoms with Crippen LogP contribution in [0.1, 0.15) is 39.0 Å². The zero-order valence-corrected chi connectivity index (χ0v) is 8.54. The van der Waals surface area contributed by atoms with E-state index in [0.717, 1.165) is 25.7 Å². The third-order valence-corrected chi connectivity index (χ3v) is 3.44. The molecule has 1 aliphatic carbocycles. The monoisotopic (exact) mass is 196 g/mol. The lowest BCUT2D eigenvalue weighted by molar-refractivity contribution is -0.135. The van der Waals surface area contributed by atoms with E-state index in [1.165, 1.54) is 0 Å². The topological polar surface area (TPSA) is 43.4 Å². The molecule has 0 amide bonds. The predicted molar refractivity (Wildman–Crippen MR) is 50.9 cm³/mol. The fraction of sp³-hybridized carbons (Fsp3) is 0.818. The zero-order chi connectivity index (χ0) is 10.2. The van der Waals surface area contributed by atoms with E-state index in [4.69, 9.17) is 4.74 Å². The first kappa shape index (κ1) is 9.84. The van der Waals surface area contributed by atoms with E-state index >= 15 is 0 Å². The van der Waals surface area contributed by atoms with Crippen LogP contribution in [0.25, 0.3) is 0 Å². The molecule has 0 bridgehead atoms. The number of hydrogen-bond donors (Lipinski definition) is 0. The Morgan fingerprint density at radius 2 is 2.14 bits per heavy atom. The maximum atomic E-state index is 12.0. The molecule has 2 fully saturated rings. The van der Waals surface area contributed by atoms with Gasteiger partial charge in [0.2, 0.25) is 0 Å². The third kappa shape index (κ3) is 1.31. The van der Waals surface area contributed by atoms with Crippen LogP contribution >= 0.6 is 0 Å². The number of hydrogen-bond acceptors (Lipinski definition) is 3.